The Morgan fingerprint density at radius 2 is 2.22 bits per heavy atom. The number of hydrogen-bond donors (Lipinski definition) is 2. The van der Waals surface area contributed by atoms with Gasteiger partial charge in [0.15, 0.2) is 11.6 Å². The topological polar surface area (TPSA) is 55.5 Å². The Labute approximate surface area is 111 Å². The molecule has 1 fully saturated rings. The van der Waals surface area contributed by atoms with Gasteiger partial charge in [-0.15, -0.1) is 0 Å². The van der Waals surface area contributed by atoms with Crippen LogP contribution in [0.2, 0.25) is 5.02 Å². The zero-order chi connectivity index (χ0) is 13.3. The molecule has 1 saturated carbocycles. The molecular formula is C13H17ClFNO2. The summed E-state index contributed by atoms with van der Waals surface area (Å²) in [6, 6.07) is 2.24. The van der Waals surface area contributed by atoms with Gasteiger partial charge in [-0.3, -0.25) is 0 Å². The summed E-state index contributed by atoms with van der Waals surface area (Å²) < 4.78 is 18.9. The highest BCUT2D eigenvalue weighted by atomic mass is 35.5. The SMILES string of the molecule is CCOc1c(F)cc([C@H](N)[C@H](O)C2CC2)cc1Cl. The Kier molecular flexibility index (Phi) is 4.10. The largest absolute Gasteiger partial charge is 0.489 e. The first-order valence-corrected chi connectivity index (χ1v) is 6.47. The number of aliphatic hydroxyl groups excluding tert-OH is 1. The molecule has 2 rings (SSSR count). The van der Waals surface area contributed by atoms with Crippen molar-refractivity contribution in [2.45, 2.75) is 31.9 Å². The molecule has 0 heterocycles. The van der Waals surface area contributed by atoms with Gasteiger partial charge in [-0.2, -0.15) is 0 Å². The molecule has 0 radical (unpaired) electrons. The zero-order valence-corrected chi connectivity index (χ0v) is 11.0. The zero-order valence-electron chi connectivity index (χ0n) is 10.2. The van der Waals surface area contributed by atoms with Crippen LogP contribution in [0.3, 0.4) is 0 Å². The second-order valence-corrected chi connectivity index (χ2v) is 5.01. The Morgan fingerprint density at radius 3 is 2.72 bits per heavy atom. The summed E-state index contributed by atoms with van der Waals surface area (Å²) in [4.78, 5) is 0. The fraction of sp³-hybridized carbons (Fsp3) is 0.538. The first-order chi connectivity index (χ1) is 8.54. The summed E-state index contributed by atoms with van der Waals surface area (Å²) >= 11 is 5.96. The molecule has 3 nitrogen and oxygen atoms in total. The van der Waals surface area contributed by atoms with Crippen LogP contribution in [-0.4, -0.2) is 17.8 Å². The van der Waals surface area contributed by atoms with Crippen molar-refractivity contribution >= 4 is 11.6 Å². The smallest absolute Gasteiger partial charge is 0.173 e. The third-order valence-electron chi connectivity index (χ3n) is 3.17. The number of ether oxygens (including phenoxy) is 1. The predicted octanol–water partition coefficient (Wildman–Crippen LogP) is 2.65. The van der Waals surface area contributed by atoms with Gasteiger partial charge in [-0.05, 0) is 43.4 Å². The molecule has 5 heteroatoms. The summed E-state index contributed by atoms with van der Waals surface area (Å²) in [5.74, 6) is -0.276. The van der Waals surface area contributed by atoms with Gasteiger partial charge in [0.25, 0.3) is 0 Å². The van der Waals surface area contributed by atoms with E-state index in [1.165, 1.54) is 6.07 Å². The molecule has 0 amide bonds. The van der Waals surface area contributed by atoms with E-state index in [1.54, 1.807) is 13.0 Å². The number of benzene rings is 1. The van der Waals surface area contributed by atoms with Crippen LogP contribution in [0.15, 0.2) is 12.1 Å². The molecule has 0 unspecified atom stereocenters. The van der Waals surface area contributed by atoms with Crippen molar-refractivity contribution in [2.75, 3.05) is 6.61 Å². The average molecular weight is 274 g/mol. The molecule has 1 aromatic carbocycles. The number of rotatable bonds is 5. The van der Waals surface area contributed by atoms with Crippen LogP contribution in [-0.2, 0) is 0 Å². The van der Waals surface area contributed by atoms with Gasteiger partial charge in [0.2, 0.25) is 0 Å². The molecule has 1 aromatic rings. The fourth-order valence-corrected chi connectivity index (χ4v) is 2.25. The average Bonchev–Trinajstić information content (AvgIpc) is 3.15. The van der Waals surface area contributed by atoms with E-state index in [9.17, 15) is 9.50 Å². The first-order valence-electron chi connectivity index (χ1n) is 6.10. The van der Waals surface area contributed by atoms with E-state index in [1.807, 2.05) is 0 Å². The van der Waals surface area contributed by atoms with Gasteiger partial charge in [0, 0.05) is 0 Å². The summed E-state index contributed by atoms with van der Waals surface area (Å²) in [5.41, 5.74) is 6.43. The number of halogens is 2. The highest BCUT2D eigenvalue weighted by Gasteiger charge is 2.34. The third kappa shape index (κ3) is 2.76. The van der Waals surface area contributed by atoms with E-state index >= 15 is 0 Å². The van der Waals surface area contributed by atoms with Crippen LogP contribution in [0, 0.1) is 11.7 Å². The van der Waals surface area contributed by atoms with Crippen molar-refractivity contribution in [3.05, 3.63) is 28.5 Å². The van der Waals surface area contributed by atoms with Crippen molar-refractivity contribution in [3.8, 4) is 5.75 Å². The van der Waals surface area contributed by atoms with Crippen LogP contribution in [0.5, 0.6) is 5.75 Å². The Morgan fingerprint density at radius 1 is 1.56 bits per heavy atom. The quantitative estimate of drug-likeness (QED) is 0.867. The summed E-state index contributed by atoms with van der Waals surface area (Å²) in [5, 5.41) is 10.1. The van der Waals surface area contributed by atoms with Crippen molar-refractivity contribution in [1.29, 1.82) is 0 Å². The van der Waals surface area contributed by atoms with Crippen LogP contribution < -0.4 is 10.5 Å². The van der Waals surface area contributed by atoms with Crippen LogP contribution in [0.25, 0.3) is 0 Å². The summed E-state index contributed by atoms with van der Waals surface area (Å²) in [6.07, 6.45) is 1.31. The Hall–Kier alpha value is -0.840. The van der Waals surface area contributed by atoms with Gasteiger partial charge >= 0.3 is 0 Å². The van der Waals surface area contributed by atoms with Crippen LogP contribution in [0.1, 0.15) is 31.4 Å². The maximum Gasteiger partial charge on any atom is 0.173 e. The minimum absolute atomic E-state index is 0.0380. The minimum Gasteiger partial charge on any atom is -0.489 e. The maximum absolute atomic E-state index is 13.8. The van der Waals surface area contributed by atoms with Crippen molar-refractivity contribution in [3.63, 3.8) is 0 Å². The predicted molar refractivity (Wildman–Crippen MR) is 68.2 cm³/mol. The second-order valence-electron chi connectivity index (χ2n) is 4.60. The number of aliphatic hydroxyl groups is 1. The highest BCUT2D eigenvalue weighted by Crippen LogP contribution is 2.39. The van der Waals surface area contributed by atoms with Gasteiger partial charge in [0.05, 0.1) is 23.8 Å². The van der Waals surface area contributed by atoms with E-state index < -0.39 is 18.0 Å². The lowest BCUT2D eigenvalue weighted by Crippen LogP contribution is -2.28. The molecule has 0 saturated heterocycles. The van der Waals surface area contributed by atoms with Crippen LogP contribution >= 0.6 is 11.6 Å². The van der Waals surface area contributed by atoms with Gasteiger partial charge < -0.3 is 15.6 Å². The fourth-order valence-electron chi connectivity index (χ4n) is 1.98. The first kappa shape index (κ1) is 13.6. The standard InChI is InChI=1S/C13H17ClFNO2/c1-2-18-13-9(14)5-8(6-10(13)15)11(16)12(17)7-3-4-7/h5-7,11-12,17H,2-4,16H2,1H3/t11-,12+/m0/s1. The highest BCUT2D eigenvalue weighted by molar-refractivity contribution is 6.32. The molecule has 1 aliphatic rings. The molecule has 0 spiro atoms. The van der Waals surface area contributed by atoms with E-state index in [2.05, 4.69) is 0 Å². The summed E-state index contributed by atoms with van der Waals surface area (Å²) in [6.45, 7) is 2.10. The number of hydrogen-bond acceptors (Lipinski definition) is 3. The lowest BCUT2D eigenvalue weighted by atomic mass is 9.99. The van der Waals surface area contributed by atoms with Crippen LogP contribution in [0.4, 0.5) is 4.39 Å². The lowest BCUT2D eigenvalue weighted by Gasteiger charge is -2.20. The molecule has 2 atom stereocenters. The lowest BCUT2D eigenvalue weighted by molar-refractivity contribution is 0.122. The van der Waals surface area contributed by atoms with Crippen molar-refractivity contribution in [2.24, 2.45) is 11.7 Å². The van der Waals surface area contributed by atoms with Crippen molar-refractivity contribution in [1.82, 2.24) is 0 Å². The normalized spacial score (nSPS) is 18.5. The molecule has 1 aliphatic carbocycles. The molecule has 18 heavy (non-hydrogen) atoms. The van der Waals surface area contributed by atoms with E-state index in [0.717, 1.165) is 12.8 Å². The molecule has 0 aliphatic heterocycles. The Bertz CT molecular complexity index is 414. The molecule has 0 aromatic heterocycles. The monoisotopic (exact) mass is 273 g/mol. The van der Waals surface area contributed by atoms with Gasteiger partial charge in [-0.1, -0.05) is 11.6 Å². The third-order valence-corrected chi connectivity index (χ3v) is 3.45. The summed E-state index contributed by atoms with van der Waals surface area (Å²) in [7, 11) is 0. The van der Waals surface area contributed by atoms with Gasteiger partial charge in [-0.25, -0.2) is 4.39 Å². The second kappa shape index (κ2) is 5.43. The maximum atomic E-state index is 13.8. The Balaban J connectivity index is 2.23. The number of nitrogens with two attached hydrogens (primary N) is 1. The van der Waals surface area contributed by atoms with E-state index in [4.69, 9.17) is 22.1 Å². The minimum atomic E-state index is -0.640. The van der Waals surface area contributed by atoms with Gasteiger partial charge in [0.1, 0.15) is 0 Å². The molecule has 3 N–H and O–H groups in total. The molecule has 100 valence electrons. The van der Waals surface area contributed by atoms with E-state index in [-0.39, 0.29) is 16.7 Å². The van der Waals surface area contributed by atoms with E-state index in [0.29, 0.717) is 12.2 Å². The molecule has 0 bridgehead atoms. The molecular weight excluding hydrogens is 257 g/mol. The van der Waals surface area contributed by atoms with Crippen molar-refractivity contribution < 1.29 is 14.2 Å².